The highest BCUT2D eigenvalue weighted by molar-refractivity contribution is 6.23. The van der Waals surface area contributed by atoms with Gasteiger partial charge in [-0.15, -0.1) is 0 Å². The van der Waals surface area contributed by atoms with Crippen LogP contribution in [0, 0.1) is 0 Å². The highest BCUT2D eigenvalue weighted by Gasteiger charge is 2.20. The average Bonchev–Trinajstić information content (AvgIpc) is 3.52. The molecule has 222 valence electrons. The summed E-state index contributed by atoms with van der Waals surface area (Å²) in [6, 6.07) is 59.4. The van der Waals surface area contributed by atoms with Gasteiger partial charge in [-0.3, -0.25) is 4.57 Å². The van der Waals surface area contributed by atoms with Gasteiger partial charge in [-0.2, -0.15) is 0 Å². The molecule has 0 bridgehead atoms. The third-order valence-electron chi connectivity index (χ3n) is 9.57. The number of nitrogens with zero attached hydrogens (tertiary/aromatic N) is 2. The van der Waals surface area contributed by atoms with Crippen molar-refractivity contribution in [1.82, 2.24) is 9.55 Å². The first-order valence-electron chi connectivity index (χ1n) is 16.4. The first-order valence-corrected chi connectivity index (χ1v) is 16.4. The van der Waals surface area contributed by atoms with E-state index in [0.29, 0.717) is 0 Å². The van der Waals surface area contributed by atoms with Crippen LogP contribution in [0.2, 0.25) is 0 Å². The summed E-state index contributed by atoms with van der Waals surface area (Å²) < 4.78 is 2.35. The molecule has 1 heterocycles. The van der Waals surface area contributed by atoms with Crippen molar-refractivity contribution >= 4 is 43.4 Å². The fourth-order valence-corrected chi connectivity index (χ4v) is 7.47. The number of rotatable bonds is 5. The predicted molar refractivity (Wildman–Crippen MR) is 199 cm³/mol. The molecule has 0 atom stereocenters. The summed E-state index contributed by atoms with van der Waals surface area (Å²) in [4.78, 5) is 5.00. The van der Waals surface area contributed by atoms with Crippen LogP contribution in [-0.2, 0) is 6.42 Å². The van der Waals surface area contributed by atoms with E-state index in [4.69, 9.17) is 4.98 Å². The number of hydrogen-bond donors (Lipinski definition) is 0. The Balaban J connectivity index is 1.31. The molecule has 0 aliphatic rings. The Morgan fingerprint density at radius 3 is 1.60 bits per heavy atom. The van der Waals surface area contributed by atoms with Crippen molar-refractivity contribution in [2.45, 2.75) is 13.3 Å². The minimum Gasteiger partial charge on any atom is -0.296 e. The predicted octanol–water partition coefficient (Wildman–Crippen LogP) is 12.0. The first-order chi connectivity index (χ1) is 23.3. The molecule has 0 aliphatic carbocycles. The van der Waals surface area contributed by atoms with Gasteiger partial charge in [0.05, 0.1) is 16.7 Å². The van der Waals surface area contributed by atoms with Crippen LogP contribution in [-0.4, -0.2) is 9.55 Å². The summed E-state index contributed by atoms with van der Waals surface area (Å²) >= 11 is 0. The first kappa shape index (κ1) is 27.3. The van der Waals surface area contributed by atoms with Crippen LogP contribution in [0.4, 0.5) is 0 Å². The second-order valence-corrected chi connectivity index (χ2v) is 12.2. The van der Waals surface area contributed by atoms with Crippen LogP contribution in [0.15, 0.2) is 164 Å². The lowest BCUT2D eigenvalue weighted by atomic mass is 9.84. The van der Waals surface area contributed by atoms with Gasteiger partial charge in [-0.1, -0.05) is 153 Å². The molecular formula is C45H32N2. The maximum Gasteiger partial charge on any atom is 0.114 e. The van der Waals surface area contributed by atoms with Crippen molar-refractivity contribution < 1.29 is 0 Å². The lowest BCUT2D eigenvalue weighted by molar-refractivity contribution is 0.913. The lowest BCUT2D eigenvalue weighted by Gasteiger charge is -2.20. The van der Waals surface area contributed by atoms with Gasteiger partial charge in [0, 0.05) is 11.8 Å². The molecule has 0 radical (unpaired) electrons. The van der Waals surface area contributed by atoms with Gasteiger partial charge in [0.15, 0.2) is 0 Å². The molecule has 9 rings (SSSR count). The maximum absolute atomic E-state index is 5.00. The highest BCUT2D eigenvalue weighted by Crippen LogP contribution is 2.46. The number of fused-ring (bicyclic) bond motifs is 4. The summed E-state index contributed by atoms with van der Waals surface area (Å²) in [6.45, 7) is 2.18. The summed E-state index contributed by atoms with van der Waals surface area (Å²) in [7, 11) is 0. The Kier molecular flexibility index (Phi) is 6.46. The maximum atomic E-state index is 5.00. The zero-order valence-electron chi connectivity index (χ0n) is 26.2. The van der Waals surface area contributed by atoms with Crippen LogP contribution in [0.5, 0.6) is 0 Å². The van der Waals surface area contributed by atoms with E-state index in [0.717, 1.165) is 23.3 Å². The van der Waals surface area contributed by atoms with Crippen molar-refractivity contribution in [3.8, 4) is 39.1 Å². The smallest absolute Gasteiger partial charge is 0.114 e. The molecule has 0 unspecified atom stereocenters. The molecule has 47 heavy (non-hydrogen) atoms. The lowest BCUT2D eigenvalue weighted by Crippen LogP contribution is -2.01. The Morgan fingerprint density at radius 1 is 0.426 bits per heavy atom. The largest absolute Gasteiger partial charge is 0.296 e. The topological polar surface area (TPSA) is 17.8 Å². The average molecular weight is 601 g/mol. The number of imidazole rings is 1. The molecule has 0 aliphatic heterocycles. The quantitative estimate of drug-likeness (QED) is 0.180. The van der Waals surface area contributed by atoms with Crippen molar-refractivity contribution in [3.05, 3.63) is 170 Å². The van der Waals surface area contributed by atoms with Crippen LogP contribution >= 0.6 is 0 Å². The van der Waals surface area contributed by atoms with Gasteiger partial charge in [0.2, 0.25) is 0 Å². The Labute approximate surface area is 274 Å². The second-order valence-electron chi connectivity index (χ2n) is 12.2. The molecule has 0 N–H and O–H groups in total. The molecule has 0 fully saturated rings. The van der Waals surface area contributed by atoms with E-state index < -0.39 is 0 Å². The fourth-order valence-electron chi connectivity index (χ4n) is 7.47. The van der Waals surface area contributed by atoms with Crippen molar-refractivity contribution in [3.63, 3.8) is 0 Å². The van der Waals surface area contributed by atoms with Gasteiger partial charge in [0.1, 0.15) is 5.82 Å². The van der Waals surface area contributed by atoms with Crippen LogP contribution in [0.25, 0.3) is 82.4 Å². The Hall–Kier alpha value is -5.99. The molecule has 1 aromatic heterocycles. The van der Waals surface area contributed by atoms with E-state index in [1.54, 1.807) is 0 Å². The van der Waals surface area contributed by atoms with Gasteiger partial charge < -0.3 is 0 Å². The van der Waals surface area contributed by atoms with Crippen molar-refractivity contribution in [2.75, 3.05) is 0 Å². The number of hydrogen-bond acceptors (Lipinski definition) is 1. The fraction of sp³-hybridized carbons (Fsp3) is 0.0444. The monoisotopic (exact) mass is 600 g/mol. The molecule has 0 spiro atoms. The van der Waals surface area contributed by atoms with Gasteiger partial charge >= 0.3 is 0 Å². The standard InChI is InChI=1S/C45H32N2/c1-2-43-46-40-22-12-13-23-42(40)47(43)41-29-28-39(33-16-6-7-17-34(33)41)45-37-20-10-8-18-35(37)44(36-19-9-11-21-38(36)45)32-26-24-31(25-27-32)30-14-4-3-5-15-30/h3-29H,2H2,1H3. The molecule has 9 aromatic rings. The number of aromatic nitrogens is 2. The third kappa shape index (κ3) is 4.37. The third-order valence-corrected chi connectivity index (χ3v) is 9.57. The van der Waals surface area contributed by atoms with Crippen molar-refractivity contribution in [1.29, 1.82) is 0 Å². The number of aryl methyl sites for hydroxylation is 1. The van der Waals surface area contributed by atoms with E-state index in [-0.39, 0.29) is 0 Å². The van der Waals surface area contributed by atoms with Crippen LogP contribution < -0.4 is 0 Å². The van der Waals surface area contributed by atoms with Gasteiger partial charge in [0.25, 0.3) is 0 Å². The normalized spacial score (nSPS) is 11.6. The SMILES string of the molecule is CCc1nc2ccccc2n1-c1ccc(-c2c3ccccc3c(-c3ccc(-c4ccccc4)cc3)c3ccccc23)c2ccccc12. The minimum atomic E-state index is 0.855. The highest BCUT2D eigenvalue weighted by atomic mass is 15.1. The molecule has 2 nitrogen and oxygen atoms in total. The number of benzene rings is 8. The molecule has 0 saturated heterocycles. The second kappa shape index (κ2) is 11.1. The van der Waals surface area contributed by atoms with E-state index in [1.165, 1.54) is 71.4 Å². The summed E-state index contributed by atoms with van der Waals surface area (Å²) in [6.07, 6.45) is 0.855. The summed E-state index contributed by atoms with van der Waals surface area (Å²) in [5, 5.41) is 7.49. The molecule has 2 heteroatoms. The van der Waals surface area contributed by atoms with E-state index >= 15 is 0 Å². The van der Waals surface area contributed by atoms with Crippen molar-refractivity contribution in [2.24, 2.45) is 0 Å². The minimum absolute atomic E-state index is 0.855. The number of para-hydroxylation sites is 2. The van der Waals surface area contributed by atoms with Crippen LogP contribution in [0.1, 0.15) is 12.7 Å². The molecule has 0 saturated carbocycles. The molecule has 0 amide bonds. The van der Waals surface area contributed by atoms with Crippen LogP contribution in [0.3, 0.4) is 0 Å². The zero-order chi connectivity index (χ0) is 31.3. The molecular weight excluding hydrogens is 569 g/mol. The summed E-state index contributed by atoms with van der Waals surface area (Å²) in [5.41, 5.74) is 10.8. The van der Waals surface area contributed by atoms with Gasteiger partial charge in [-0.25, -0.2) is 4.98 Å². The summed E-state index contributed by atoms with van der Waals surface area (Å²) in [5.74, 6) is 1.07. The zero-order valence-corrected chi connectivity index (χ0v) is 26.2. The molecule has 8 aromatic carbocycles. The Bertz CT molecular complexity index is 2540. The van der Waals surface area contributed by atoms with E-state index in [2.05, 4.69) is 175 Å². The van der Waals surface area contributed by atoms with E-state index in [1.807, 2.05) is 0 Å². The van der Waals surface area contributed by atoms with E-state index in [9.17, 15) is 0 Å². The Morgan fingerprint density at radius 2 is 0.936 bits per heavy atom. The van der Waals surface area contributed by atoms with Gasteiger partial charge in [-0.05, 0) is 78.5 Å².